The lowest BCUT2D eigenvalue weighted by Crippen LogP contribution is -2.39. The Hall–Kier alpha value is -3.46. The molecule has 0 fully saturated rings. The second kappa shape index (κ2) is 9.84. The lowest BCUT2D eigenvalue weighted by atomic mass is 10.2. The Balaban J connectivity index is 1.41. The number of nitrogens with zero attached hydrogens (tertiary/aromatic N) is 3. The van der Waals surface area contributed by atoms with Crippen LogP contribution in [0.4, 0.5) is 19.8 Å². The standard InChI is InChI=1S/C20H19ClFN5O3/c1-27(19(28)25-12-14-3-2-4-16(22)18(14)21)7-8-30-20(29)26-17-9-15-10-23-6-5-13(15)11-24-17/h2-6,9-11H,7-8,12H2,1H3,(H,25,28)(H,24,26,29). The van der Waals surface area contributed by atoms with Crippen LogP contribution in [0.5, 0.6) is 0 Å². The maximum Gasteiger partial charge on any atom is 0.412 e. The van der Waals surface area contributed by atoms with Gasteiger partial charge >= 0.3 is 12.1 Å². The molecular formula is C20H19ClFN5O3. The molecule has 0 unspecified atom stereocenters. The summed E-state index contributed by atoms with van der Waals surface area (Å²) < 4.78 is 18.5. The Kier molecular flexibility index (Phi) is 6.97. The number of pyridine rings is 2. The summed E-state index contributed by atoms with van der Waals surface area (Å²) in [5.74, 6) is -0.216. The lowest BCUT2D eigenvalue weighted by Gasteiger charge is -2.18. The van der Waals surface area contributed by atoms with E-state index in [1.807, 2.05) is 6.07 Å². The minimum Gasteiger partial charge on any atom is -0.447 e. The van der Waals surface area contributed by atoms with Crippen LogP contribution in [0.2, 0.25) is 5.02 Å². The highest BCUT2D eigenvalue weighted by atomic mass is 35.5. The monoisotopic (exact) mass is 431 g/mol. The van der Waals surface area contributed by atoms with E-state index in [2.05, 4.69) is 20.6 Å². The van der Waals surface area contributed by atoms with Crippen LogP contribution in [-0.4, -0.2) is 47.2 Å². The van der Waals surface area contributed by atoms with Gasteiger partial charge in [0.2, 0.25) is 0 Å². The molecule has 3 rings (SSSR count). The van der Waals surface area contributed by atoms with Crippen LogP contribution in [0.1, 0.15) is 5.56 Å². The van der Waals surface area contributed by atoms with E-state index in [1.165, 1.54) is 17.0 Å². The van der Waals surface area contributed by atoms with Gasteiger partial charge in [0, 0.05) is 43.0 Å². The Labute approximate surface area is 177 Å². The number of fused-ring (bicyclic) bond motifs is 1. The zero-order valence-corrected chi connectivity index (χ0v) is 16.8. The molecule has 0 aliphatic rings. The molecule has 0 spiro atoms. The number of amides is 3. The Morgan fingerprint density at radius 3 is 2.90 bits per heavy atom. The van der Waals surface area contributed by atoms with Crippen LogP contribution in [0, 0.1) is 5.82 Å². The number of anilines is 1. The molecule has 3 amide bonds. The molecule has 0 aliphatic carbocycles. The van der Waals surface area contributed by atoms with Crippen LogP contribution in [0.3, 0.4) is 0 Å². The van der Waals surface area contributed by atoms with E-state index in [0.717, 1.165) is 10.8 Å². The van der Waals surface area contributed by atoms with Crippen molar-refractivity contribution in [3.8, 4) is 0 Å². The Bertz CT molecular complexity index is 1070. The molecule has 0 saturated heterocycles. The summed E-state index contributed by atoms with van der Waals surface area (Å²) in [4.78, 5) is 33.5. The highest BCUT2D eigenvalue weighted by molar-refractivity contribution is 6.31. The number of rotatable bonds is 6. The SMILES string of the molecule is CN(CCOC(=O)Nc1cc2cnccc2cn1)C(=O)NCc1cccc(F)c1Cl. The fourth-order valence-corrected chi connectivity index (χ4v) is 2.75. The van der Waals surface area contributed by atoms with Crippen molar-refractivity contribution >= 4 is 40.3 Å². The summed E-state index contributed by atoms with van der Waals surface area (Å²) in [5.41, 5.74) is 0.465. The van der Waals surface area contributed by atoms with Crippen molar-refractivity contribution < 1.29 is 18.7 Å². The van der Waals surface area contributed by atoms with Crippen molar-refractivity contribution in [2.75, 3.05) is 25.5 Å². The van der Waals surface area contributed by atoms with Crippen LogP contribution >= 0.6 is 11.6 Å². The Morgan fingerprint density at radius 1 is 1.23 bits per heavy atom. The second-order valence-electron chi connectivity index (χ2n) is 6.35. The molecule has 0 aliphatic heterocycles. The molecule has 0 saturated carbocycles. The van der Waals surface area contributed by atoms with Gasteiger partial charge in [-0.2, -0.15) is 0 Å². The van der Waals surface area contributed by atoms with E-state index in [9.17, 15) is 14.0 Å². The molecule has 3 aromatic rings. The molecule has 8 nitrogen and oxygen atoms in total. The fourth-order valence-electron chi connectivity index (χ4n) is 2.56. The summed E-state index contributed by atoms with van der Waals surface area (Å²) in [6, 6.07) is 7.46. The van der Waals surface area contributed by atoms with Crippen LogP contribution in [0.15, 0.2) is 48.9 Å². The topological polar surface area (TPSA) is 96.4 Å². The number of ether oxygens (including phenoxy) is 1. The summed E-state index contributed by atoms with van der Waals surface area (Å²) in [6.45, 7) is 0.209. The minimum atomic E-state index is -0.689. The third kappa shape index (κ3) is 5.54. The predicted molar refractivity (Wildman–Crippen MR) is 111 cm³/mol. The van der Waals surface area contributed by atoms with Crippen molar-refractivity contribution in [3.63, 3.8) is 0 Å². The maximum atomic E-state index is 13.4. The quantitative estimate of drug-likeness (QED) is 0.618. The minimum absolute atomic E-state index is 0.0222. The summed E-state index contributed by atoms with van der Waals surface area (Å²) in [7, 11) is 1.54. The summed E-state index contributed by atoms with van der Waals surface area (Å²) >= 11 is 5.86. The molecule has 2 aromatic heterocycles. The van der Waals surface area contributed by atoms with E-state index in [-0.39, 0.29) is 24.7 Å². The number of carbonyl (C=O) groups is 2. The third-order valence-corrected chi connectivity index (χ3v) is 4.64. The first-order valence-electron chi connectivity index (χ1n) is 8.99. The zero-order valence-electron chi connectivity index (χ0n) is 16.1. The summed E-state index contributed by atoms with van der Waals surface area (Å²) in [6.07, 6.45) is 4.25. The van der Waals surface area contributed by atoms with Gasteiger partial charge in [-0.05, 0) is 23.8 Å². The van der Waals surface area contributed by atoms with Crippen molar-refractivity contribution in [1.82, 2.24) is 20.2 Å². The van der Waals surface area contributed by atoms with Gasteiger partial charge in [-0.25, -0.2) is 19.0 Å². The molecular weight excluding hydrogens is 413 g/mol. The molecule has 30 heavy (non-hydrogen) atoms. The van der Waals surface area contributed by atoms with Crippen LogP contribution in [0.25, 0.3) is 10.8 Å². The number of aromatic nitrogens is 2. The van der Waals surface area contributed by atoms with Gasteiger partial charge < -0.3 is 15.0 Å². The predicted octanol–water partition coefficient (Wildman–Crippen LogP) is 3.81. The molecule has 2 heterocycles. The number of carbonyl (C=O) groups excluding carboxylic acids is 2. The number of hydrogen-bond donors (Lipinski definition) is 2. The van der Waals surface area contributed by atoms with E-state index >= 15 is 0 Å². The van der Waals surface area contributed by atoms with E-state index in [0.29, 0.717) is 11.4 Å². The number of urea groups is 1. The first-order chi connectivity index (χ1) is 14.4. The van der Waals surface area contributed by atoms with Crippen LogP contribution < -0.4 is 10.6 Å². The number of nitrogens with one attached hydrogen (secondary N) is 2. The number of halogens is 2. The van der Waals surface area contributed by atoms with Crippen LogP contribution in [-0.2, 0) is 11.3 Å². The van der Waals surface area contributed by atoms with Gasteiger partial charge in [-0.3, -0.25) is 10.3 Å². The molecule has 10 heteroatoms. The fraction of sp³-hybridized carbons (Fsp3) is 0.200. The maximum absolute atomic E-state index is 13.4. The van der Waals surface area contributed by atoms with Gasteiger partial charge in [0.25, 0.3) is 0 Å². The third-order valence-electron chi connectivity index (χ3n) is 4.22. The van der Waals surface area contributed by atoms with Gasteiger partial charge in [-0.15, -0.1) is 0 Å². The van der Waals surface area contributed by atoms with E-state index < -0.39 is 17.9 Å². The van der Waals surface area contributed by atoms with Crippen molar-refractivity contribution in [2.24, 2.45) is 0 Å². The molecule has 0 radical (unpaired) electrons. The molecule has 156 valence electrons. The average molecular weight is 432 g/mol. The molecule has 0 atom stereocenters. The van der Waals surface area contributed by atoms with Gasteiger partial charge in [0.05, 0.1) is 11.6 Å². The van der Waals surface area contributed by atoms with E-state index in [4.69, 9.17) is 16.3 Å². The number of benzene rings is 1. The summed E-state index contributed by atoms with van der Waals surface area (Å²) in [5, 5.41) is 6.85. The number of likely N-dealkylation sites (N-methyl/N-ethyl adjacent to an activating group) is 1. The largest absolute Gasteiger partial charge is 0.447 e. The van der Waals surface area contributed by atoms with E-state index in [1.54, 1.807) is 37.8 Å². The molecule has 2 N–H and O–H groups in total. The average Bonchev–Trinajstić information content (AvgIpc) is 2.74. The highest BCUT2D eigenvalue weighted by Crippen LogP contribution is 2.19. The van der Waals surface area contributed by atoms with Gasteiger partial charge in [0.1, 0.15) is 18.2 Å². The van der Waals surface area contributed by atoms with Crippen molar-refractivity contribution in [1.29, 1.82) is 0 Å². The molecule has 0 bridgehead atoms. The van der Waals surface area contributed by atoms with Crippen molar-refractivity contribution in [2.45, 2.75) is 6.54 Å². The highest BCUT2D eigenvalue weighted by Gasteiger charge is 2.12. The van der Waals surface area contributed by atoms with Gasteiger partial charge in [0.15, 0.2) is 0 Å². The number of hydrogen-bond acceptors (Lipinski definition) is 5. The smallest absolute Gasteiger partial charge is 0.412 e. The van der Waals surface area contributed by atoms with Crippen molar-refractivity contribution in [3.05, 3.63) is 65.3 Å². The lowest BCUT2D eigenvalue weighted by molar-refractivity contribution is 0.146. The molecule has 1 aromatic carbocycles. The first-order valence-corrected chi connectivity index (χ1v) is 9.37. The second-order valence-corrected chi connectivity index (χ2v) is 6.72. The zero-order chi connectivity index (χ0) is 21.5. The van der Waals surface area contributed by atoms with Gasteiger partial charge in [-0.1, -0.05) is 23.7 Å². The normalized spacial score (nSPS) is 10.5. The Morgan fingerprint density at radius 2 is 2.07 bits per heavy atom. The first kappa shape index (κ1) is 21.3.